The van der Waals surface area contributed by atoms with Crippen LogP contribution in [-0.2, 0) is 10.0 Å². The van der Waals surface area contributed by atoms with Gasteiger partial charge in [0.1, 0.15) is 5.75 Å². The first-order valence-corrected chi connectivity index (χ1v) is 9.47. The summed E-state index contributed by atoms with van der Waals surface area (Å²) in [6, 6.07) is 6.15. The molecule has 1 aromatic carbocycles. The SMILES string of the molecule is CCCSc1nnc(NS(=O)(=O)c2ccc(OC)cc2)s1. The van der Waals surface area contributed by atoms with E-state index in [-0.39, 0.29) is 10.0 Å². The van der Waals surface area contributed by atoms with Crippen molar-refractivity contribution in [2.45, 2.75) is 22.6 Å². The highest BCUT2D eigenvalue weighted by molar-refractivity contribution is 8.01. The van der Waals surface area contributed by atoms with Crippen molar-refractivity contribution in [2.24, 2.45) is 0 Å². The summed E-state index contributed by atoms with van der Waals surface area (Å²) in [7, 11) is -2.13. The standard InChI is InChI=1S/C12H15N3O3S3/c1-3-8-19-12-14-13-11(20-12)15-21(16,17)10-6-4-9(18-2)5-7-10/h4-7H,3,8H2,1-2H3,(H,13,15). The highest BCUT2D eigenvalue weighted by Crippen LogP contribution is 2.27. The zero-order valence-electron chi connectivity index (χ0n) is 11.6. The molecule has 0 atom stereocenters. The number of benzene rings is 1. The second-order valence-electron chi connectivity index (χ2n) is 4.00. The molecule has 0 aliphatic rings. The van der Waals surface area contributed by atoms with Gasteiger partial charge in [0.05, 0.1) is 12.0 Å². The number of hydrogen-bond acceptors (Lipinski definition) is 7. The van der Waals surface area contributed by atoms with Crippen LogP contribution in [-0.4, -0.2) is 31.5 Å². The summed E-state index contributed by atoms with van der Waals surface area (Å²) in [5.41, 5.74) is 0. The van der Waals surface area contributed by atoms with Crippen molar-refractivity contribution < 1.29 is 13.2 Å². The van der Waals surface area contributed by atoms with Crippen LogP contribution in [0.1, 0.15) is 13.3 Å². The molecule has 1 aromatic heterocycles. The highest BCUT2D eigenvalue weighted by Gasteiger charge is 2.17. The molecule has 6 nitrogen and oxygen atoms in total. The third-order valence-electron chi connectivity index (χ3n) is 2.43. The van der Waals surface area contributed by atoms with Gasteiger partial charge in [0.15, 0.2) is 4.34 Å². The third-order valence-corrected chi connectivity index (χ3v) is 6.09. The van der Waals surface area contributed by atoms with Gasteiger partial charge >= 0.3 is 0 Å². The fraction of sp³-hybridized carbons (Fsp3) is 0.333. The van der Waals surface area contributed by atoms with E-state index in [0.717, 1.165) is 16.5 Å². The van der Waals surface area contributed by atoms with Crippen molar-refractivity contribution in [3.05, 3.63) is 24.3 Å². The molecule has 21 heavy (non-hydrogen) atoms. The summed E-state index contributed by atoms with van der Waals surface area (Å²) >= 11 is 2.79. The number of hydrogen-bond donors (Lipinski definition) is 1. The van der Waals surface area contributed by atoms with E-state index in [1.165, 1.54) is 30.6 Å². The zero-order valence-corrected chi connectivity index (χ0v) is 14.0. The number of nitrogens with one attached hydrogen (secondary N) is 1. The van der Waals surface area contributed by atoms with E-state index in [1.807, 2.05) is 0 Å². The Hall–Kier alpha value is -1.32. The molecule has 0 saturated heterocycles. The van der Waals surface area contributed by atoms with Crippen molar-refractivity contribution in [1.29, 1.82) is 0 Å². The number of sulfonamides is 1. The molecular formula is C12H15N3O3S3. The molecule has 0 spiro atoms. The maximum atomic E-state index is 12.2. The van der Waals surface area contributed by atoms with Crippen LogP contribution in [0.15, 0.2) is 33.5 Å². The van der Waals surface area contributed by atoms with Crippen molar-refractivity contribution in [2.75, 3.05) is 17.6 Å². The van der Waals surface area contributed by atoms with E-state index in [9.17, 15) is 8.42 Å². The maximum absolute atomic E-state index is 12.2. The Morgan fingerprint density at radius 3 is 2.62 bits per heavy atom. The monoisotopic (exact) mass is 345 g/mol. The van der Waals surface area contributed by atoms with E-state index in [0.29, 0.717) is 5.75 Å². The van der Waals surface area contributed by atoms with Crippen molar-refractivity contribution >= 4 is 38.3 Å². The topological polar surface area (TPSA) is 81.2 Å². The minimum absolute atomic E-state index is 0.154. The summed E-state index contributed by atoms with van der Waals surface area (Å²) < 4.78 is 32.6. The van der Waals surface area contributed by atoms with Crippen LogP contribution in [0.5, 0.6) is 5.75 Å². The summed E-state index contributed by atoms with van der Waals surface area (Å²) in [4.78, 5) is 0.154. The quantitative estimate of drug-likeness (QED) is 0.777. The zero-order chi connectivity index (χ0) is 15.3. The van der Waals surface area contributed by atoms with Crippen LogP contribution in [0.2, 0.25) is 0 Å². The van der Waals surface area contributed by atoms with E-state index in [4.69, 9.17) is 4.74 Å². The van der Waals surface area contributed by atoms with Crippen molar-refractivity contribution in [3.8, 4) is 5.75 Å². The average molecular weight is 345 g/mol. The fourth-order valence-corrected chi connectivity index (χ4v) is 4.33. The second kappa shape index (κ2) is 7.10. The number of ether oxygens (including phenoxy) is 1. The van der Waals surface area contributed by atoms with Crippen LogP contribution >= 0.6 is 23.1 Å². The summed E-state index contributed by atoms with van der Waals surface area (Å²) in [6.45, 7) is 2.07. The Balaban J connectivity index is 2.10. The molecule has 0 aliphatic carbocycles. The largest absolute Gasteiger partial charge is 0.497 e. The predicted octanol–water partition coefficient (Wildman–Crippen LogP) is 2.85. The predicted molar refractivity (Wildman–Crippen MR) is 84.7 cm³/mol. The fourth-order valence-electron chi connectivity index (χ4n) is 1.43. The lowest BCUT2D eigenvalue weighted by Gasteiger charge is -2.05. The van der Waals surface area contributed by atoms with Gasteiger partial charge in [-0.05, 0) is 30.7 Å². The minimum atomic E-state index is -3.65. The molecule has 0 radical (unpaired) electrons. The summed E-state index contributed by atoms with van der Waals surface area (Å²) in [6.07, 6.45) is 1.02. The molecule has 0 aliphatic heterocycles. The first kappa shape index (κ1) is 16.1. The van der Waals surface area contributed by atoms with Gasteiger partial charge in [0.2, 0.25) is 5.13 Å². The Morgan fingerprint density at radius 1 is 1.29 bits per heavy atom. The number of aromatic nitrogens is 2. The van der Waals surface area contributed by atoms with E-state index in [1.54, 1.807) is 23.9 Å². The van der Waals surface area contributed by atoms with Crippen molar-refractivity contribution in [1.82, 2.24) is 10.2 Å². The molecule has 0 unspecified atom stereocenters. The molecule has 0 saturated carbocycles. The smallest absolute Gasteiger partial charge is 0.263 e. The molecule has 0 fully saturated rings. The molecule has 1 heterocycles. The average Bonchev–Trinajstić information content (AvgIpc) is 2.92. The Bertz CT molecular complexity index is 683. The van der Waals surface area contributed by atoms with E-state index in [2.05, 4.69) is 21.8 Å². The molecular weight excluding hydrogens is 330 g/mol. The first-order valence-electron chi connectivity index (χ1n) is 6.18. The lowest BCUT2D eigenvalue weighted by Crippen LogP contribution is -2.12. The van der Waals surface area contributed by atoms with Gasteiger partial charge in [-0.1, -0.05) is 30.0 Å². The van der Waals surface area contributed by atoms with Crippen LogP contribution < -0.4 is 9.46 Å². The van der Waals surface area contributed by atoms with E-state index >= 15 is 0 Å². The number of anilines is 1. The molecule has 1 N–H and O–H groups in total. The first-order chi connectivity index (χ1) is 10.0. The molecule has 114 valence electrons. The lowest BCUT2D eigenvalue weighted by atomic mass is 10.3. The number of rotatable bonds is 7. The maximum Gasteiger partial charge on any atom is 0.263 e. The number of nitrogens with zero attached hydrogens (tertiary/aromatic N) is 2. The summed E-state index contributed by atoms with van der Waals surface area (Å²) in [5.74, 6) is 1.53. The number of methoxy groups -OCH3 is 1. The lowest BCUT2D eigenvalue weighted by molar-refractivity contribution is 0.414. The molecule has 0 amide bonds. The van der Waals surface area contributed by atoms with Gasteiger partial charge in [0.25, 0.3) is 10.0 Å². The minimum Gasteiger partial charge on any atom is -0.497 e. The van der Waals surface area contributed by atoms with Crippen molar-refractivity contribution in [3.63, 3.8) is 0 Å². The highest BCUT2D eigenvalue weighted by atomic mass is 32.2. The van der Waals surface area contributed by atoms with Gasteiger partial charge in [0, 0.05) is 5.75 Å². The second-order valence-corrected chi connectivity index (χ2v) is 8.00. The number of thioether (sulfide) groups is 1. The van der Waals surface area contributed by atoms with Gasteiger partial charge < -0.3 is 4.74 Å². The van der Waals surface area contributed by atoms with E-state index < -0.39 is 10.0 Å². The molecule has 9 heteroatoms. The molecule has 0 bridgehead atoms. The Morgan fingerprint density at radius 2 is 2.00 bits per heavy atom. The third kappa shape index (κ3) is 4.32. The van der Waals surface area contributed by atoms with Gasteiger partial charge in [-0.15, -0.1) is 10.2 Å². The normalized spacial score (nSPS) is 11.3. The van der Waals surface area contributed by atoms with Gasteiger partial charge in [-0.3, -0.25) is 4.72 Å². The van der Waals surface area contributed by atoms with Gasteiger partial charge in [-0.2, -0.15) is 0 Å². The van der Waals surface area contributed by atoms with Gasteiger partial charge in [-0.25, -0.2) is 8.42 Å². The molecule has 2 aromatic rings. The summed E-state index contributed by atoms with van der Waals surface area (Å²) in [5, 5.41) is 8.06. The van der Waals surface area contributed by atoms with Crippen LogP contribution in [0.25, 0.3) is 0 Å². The van der Waals surface area contributed by atoms with Crippen LogP contribution in [0, 0.1) is 0 Å². The Labute approximate surface area is 132 Å². The van der Waals surface area contributed by atoms with Crippen LogP contribution in [0.4, 0.5) is 5.13 Å². The molecule has 2 rings (SSSR count). The Kier molecular flexibility index (Phi) is 5.43. The van der Waals surface area contributed by atoms with Crippen LogP contribution in [0.3, 0.4) is 0 Å².